The van der Waals surface area contributed by atoms with Crippen LogP contribution in [0.15, 0.2) is 77.0 Å². The second-order valence-electron chi connectivity index (χ2n) is 10.3. The summed E-state index contributed by atoms with van der Waals surface area (Å²) in [5, 5.41) is 8.41. The molecule has 0 aromatic heterocycles. The highest BCUT2D eigenvalue weighted by Gasteiger charge is 2.12. The molecule has 40 heavy (non-hydrogen) atoms. The minimum atomic E-state index is -0.436. The molecular weight excluding hydrogens is 503 g/mol. The molecule has 0 spiro atoms. The third-order valence-corrected chi connectivity index (χ3v) is 6.80. The van der Waals surface area contributed by atoms with Crippen molar-refractivity contribution < 1.29 is 18.7 Å². The predicted octanol–water partition coefficient (Wildman–Crippen LogP) is 10.8. The van der Waals surface area contributed by atoms with Crippen LogP contribution in [-0.4, -0.2) is 18.7 Å². The van der Waals surface area contributed by atoms with Crippen molar-refractivity contribution in [2.24, 2.45) is 10.2 Å². The smallest absolute Gasteiger partial charge is 0.338 e. The monoisotopic (exact) mass is 546 g/mol. The number of ether oxygens (including phenoxy) is 2. The third kappa shape index (κ3) is 10.6. The Labute approximate surface area is 238 Å². The first-order chi connectivity index (χ1) is 19.5. The van der Waals surface area contributed by atoms with Gasteiger partial charge >= 0.3 is 5.97 Å². The van der Waals surface area contributed by atoms with Crippen LogP contribution in [0.5, 0.6) is 5.75 Å². The highest BCUT2D eigenvalue weighted by Crippen LogP contribution is 2.27. The topological polar surface area (TPSA) is 60.2 Å². The van der Waals surface area contributed by atoms with Crippen LogP contribution < -0.4 is 4.74 Å². The van der Waals surface area contributed by atoms with Crippen molar-refractivity contribution in [1.29, 1.82) is 0 Å². The molecule has 0 amide bonds. The Hall–Kier alpha value is -3.54. The minimum absolute atomic E-state index is 0.0846. The van der Waals surface area contributed by atoms with Gasteiger partial charge in [0.2, 0.25) is 0 Å². The summed E-state index contributed by atoms with van der Waals surface area (Å²) in [6.07, 6.45) is 11.1. The van der Waals surface area contributed by atoms with Gasteiger partial charge < -0.3 is 9.47 Å². The minimum Gasteiger partial charge on any atom is -0.491 e. The quantitative estimate of drug-likeness (QED) is 0.0961. The number of unbranched alkanes of at least 4 members (excludes halogenated alkanes) is 7. The first-order valence-electron chi connectivity index (χ1n) is 14.8. The molecule has 0 heterocycles. The Morgan fingerprint density at radius 1 is 0.750 bits per heavy atom. The summed E-state index contributed by atoms with van der Waals surface area (Å²) in [5.41, 5.74) is 3.60. The Morgan fingerprint density at radius 3 is 1.98 bits per heavy atom. The molecule has 3 aromatic carbocycles. The summed E-state index contributed by atoms with van der Waals surface area (Å²) >= 11 is 0. The van der Waals surface area contributed by atoms with Crippen molar-refractivity contribution in [2.45, 2.75) is 91.1 Å². The van der Waals surface area contributed by atoms with E-state index in [0.717, 1.165) is 36.8 Å². The molecule has 5 nitrogen and oxygen atoms in total. The molecule has 0 unspecified atom stereocenters. The van der Waals surface area contributed by atoms with Crippen LogP contribution in [0.1, 0.15) is 95.3 Å². The van der Waals surface area contributed by atoms with Gasteiger partial charge in [0.05, 0.1) is 29.6 Å². The van der Waals surface area contributed by atoms with Gasteiger partial charge in [0, 0.05) is 6.07 Å². The van der Waals surface area contributed by atoms with E-state index in [-0.39, 0.29) is 17.8 Å². The molecule has 0 aliphatic heterocycles. The van der Waals surface area contributed by atoms with Gasteiger partial charge in [-0.3, -0.25) is 0 Å². The molecule has 3 aromatic rings. The Morgan fingerprint density at radius 2 is 1.32 bits per heavy atom. The number of halogens is 1. The van der Waals surface area contributed by atoms with Crippen LogP contribution in [0.4, 0.5) is 15.8 Å². The lowest BCUT2D eigenvalue weighted by Crippen LogP contribution is -2.15. The maximum atomic E-state index is 14.4. The standard InChI is InChI=1S/C34H43FN2O3/c1-4-6-8-10-12-24-39-33-23-22-31(25-32(33)35)37-36-30-20-18-28(19-21-30)27-14-16-29(17-15-27)34(38)40-26(3)13-11-9-7-5-2/h14-23,25-26H,4-13,24H2,1-3H3/t26-/m0/s1. The van der Waals surface area contributed by atoms with E-state index in [1.54, 1.807) is 24.3 Å². The molecule has 0 N–H and O–H groups in total. The summed E-state index contributed by atoms with van der Waals surface area (Å²) in [4.78, 5) is 12.5. The molecule has 1 atom stereocenters. The first kappa shape index (κ1) is 31.0. The number of hydrogen-bond donors (Lipinski definition) is 0. The van der Waals surface area contributed by atoms with E-state index < -0.39 is 5.82 Å². The van der Waals surface area contributed by atoms with Crippen molar-refractivity contribution in [3.05, 3.63) is 78.1 Å². The van der Waals surface area contributed by atoms with E-state index in [9.17, 15) is 9.18 Å². The van der Waals surface area contributed by atoms with Crippen LogP contribution in [0.3, 0.4) is 0 Å². The Balaban J connectivity index is 1.50. The van der Waals surface area contributed by atoms with E-state index in [2.05, 4.69) is 24.1 Å². The number of rotatable bonds is 17. The number of carbonyl (C=O) groups is 1. The highest BCUT2D eigenvalue weighted by molar-refractivity contribution is 5.90. The second-order valence-corrected chi connectivity index (χ2v) is 10.3. The van der Waals surface area contributed by atoms with E-state index in [0.29, 0.717) is 23.5 Å². The lowest BCUT2D eigenvalue weighted by Gasteiger charge is -2.13. The van der Waals surface area contributed by atoms with Gasteiger partial charge in [-0.1, -0.05) is 83.1 Å². The predicted molar refractivity (Wildman–Crippen MR) is 160 cm³/mol. The zero-order valence-corrected chi connectivity index (χ0v) is 24.2. The molecule has 214 valence electrons. The lowest BCUT2D eigenvalue weighted by atomic mass is 10.0. The van der Waals surface area contributed by atoms with Gasteiger partial charge in [0.25, 0.3) is 0 Å². The highest BCUT2D eigenvalue weighted by atomic mass is 19.1. The van der Waals surface area contributed by atoms with E-state index in [1.165, 1.54) is 44.6 Å². The van der Waals surface area contributed by atoms with E-state index in [1.807, 2.05) is 43.3 Å². The fraction of sp³-hybridized carbons (Fsp3) is 0.441. The summed E-state index contributed by atoms with van der Waals surface area (Å²) in [6.45, 7) is 6.83. The number of esters is 1. The fourth-order valence-corrected chi connectivity index (χ4v) is 4.36. The molecule has 0 aliphatic rings. The number of hydrogen-bond acceptors (Lipinski definition) is 5. The van der Waals surface area contributed by atoms with Gasteiger partial charge in [-0.25, -0.2) is 9.18 Å². The largest absolute Gasteiger partial charge is 0.491 e. The first-order valence-corrected chi connectivity index (χ1v) is 14.8. The molecule has 0 aliphatic carbocycles. The van der Waals surface area contributed by atoms with Gasteiger partial charge in [0.1, 0.15) is 0 Å². The van der Waals surface area contributed by atoms with E-state index in [4.69, 9.17) is 9.47 Å². The number of benzene rings is 3. The molecule has 0 fully saturated rings. The van der Waals surface area contributed by atoms with Crippen LogP contribution in [0.25, 0.3) is 11.1 Å². The lowest BCUT2D eigenvalue weighted by molar-refractivity contribution is 0.0319. The molecule has 6 heteroatoms. The molecule has 0 saturated heterocycles. The van der Waals surface area contributed by atoms with Gasteiger partial charge in [0.15, 0.2) is 11.6 Å². The summed E-state index contributed by atoms with van der Waals surface area (Å²) in [5.74, 6) is -0.479. The number of carbonyl (C=O) groups excluding carboxylic acids is 1. The van der Waals surface area contributed by atoms with Crippen molar-refractivity contribution in [1.82, 2.24) is 0 Å². The summed E-state index contributed by atoms with van der Waals surface area (Å²) in [6, 6.07) is 19.7. The van der Waals surface area contributed by atoms with Crippen molar-refractivity contribution >= 4 is 17.3 Å². The van der Waals surface area contributed by atoms with Crippen LogP contribution in [0, 0.1) is 5.82 Å². The zero-order valence-electron chi connectivity index (χ0n) is 24.2. The molecule has 3 rings (SSSR count). The summed E-state index contributed by atoms with van der Waals surface area (Å²) in [7, 11) is 0. The van der Waals surface area contributed by atoms with Crippen molar-refractivity contribution in [3.8, 4) is 16.9 Å². The van der Waals surface area contributed by atoms with Crippen molar-refractivity contribution in [2.75, 3.05) is 6.61 Å². The summed E-state index contributed by atoms with van der Waals surface area (Å²) < 4.78 is 25.6. The van der Waals surface area contributed by atoms with Crippen LogP contribution in [0.2, 0.25) is 0 Å². The van der Waals surface area contributed by atoms with Crippen LogP contribution >= 0.6 is 0 Å². The number of azo groups is 1. The average molecular weight is 547 g/mol. The zero-order chi connectivity index (χ0) is 28.6. The molecule has 0 saturated carbocycles. The second kappa shape index (κ2) is 17.2. The number of nitrogens with zero attached hydrogens (tertiary/aromatic N) is 2. The Kier molecular flexibility index (Phi) is 13.3. The van der Waals surface area contributed by atoms with Crippen molar-refractivity contribution in [3.63, 3.8) is 0 Å². The maximum absolute atomic E-state index is 14.4. The van der Waals surface area contributed by atoms with Gasteiger partial charge in [-0.05, 0) is 73.7 Å². The molecule has 0 bridgehead atoms. The third-order valence-electron chi connectivity index (χ3n) is 6.80. The van der Waals surface area contributed by atoms with Gasteiger partial charge in [-0.15, -0.1) is 0 Å². The maximum Gasteiger partial charge on any atom is 0.338 e. The fourth-order valence-electron chi connectivity index (χ4n) is 4.36. The molecular formula is C34H43FN2O3. The normalized spacial score (nSPS) is 12.0. The average Bonchev–Trinajstić information content (AvgIpc) is 2.97. The molecule has 0 radical (unpaired) electrons. The van der Waals surface area contributed by atoms with Crippen LogP contribution in [-0.2, 0) is 4.74 Å². The van der Waals surface area contributed by atoms with E-state index >= 15 is 0 Å². The SMILES string of the molecule is CCCCCCCOc1ccc(N=Nc2ccc(-c3ccc(C(=O)O[C@@H](C)CCCCCC)cc3)cc2)cc1F. The van der Waals surface area contributed by atoms with Gasteiger partial charge in [-0.2, -0.15) is 10.2 Å². The Bertz CT molecular complexity index is 1190.